The van der Waals surface area contributed by atoms with Gasteiger partial charge in [-0.05, 0) is 18.6 Å². The highest BCUT2D eigenvalue weighted by atomic mass is 16.5. The standard InChI is InChI=1S/C11H16N2O2/c1-3-10(12)11(14)13-8-5-4-6-9(7-8)15-2/h4-7,10H,3,12H2,1-2H3,(H,13,14)/t10-/m0/s1. The number of ether oxygens (including phenoxy) is 1. The maximum absolute atomic E-state index is 11.5. The van der Waals surface area contributed by atoms with E-state index in [0.29, 0.717) is 17.9 Å². The van der Waals surface area contributed by atoms with Gasteiger partial charge in [-0.2, -0.15) is 0 Å². The molecule has 0 heterocycles. The summed E-state index contributed by atoms with van der Waals surface area (Å²) in [6, 6.07) is 6.71. The molecule has 1 rings (SSSR count). The zero-order valence-electron chi connectivity index (χ0n) is 8.99. The van der Waals surface area contributed by atoms with Crippen LogP contribution in [0.3, 0.4) is 0 Å². The Kier molecular flexibility index (Phi) is 4.12. The molecule has 15 heavy (non-hydrogen) atoms. The van der Waals surface area contributed by atoms with Crippen molar-refractivity contribution < 1.29 is 9.53 Å². The lowest BCUT2D eigenvalue weighted by Gasteiger charge is -2.10. The third-order valence-corrected chi connectivity index (χ3v) is 2.11. The highest BCUT2D eigenvalue weighted by molar-refractivity contribution is 5.94. The quantitative estimate of drug-likeness (QED) is 0.785. The first-order valence-corrected chi connectivity index (χ1v) is 4.88. The minimum atomic E-state index is -0.462. The number of carbonyl (C=O) groups is 1. The first-order chi connectivity index (χ1) is 7.17. The predicted octanol–water partition coefficient (Wildman–Crippen LogP) is 1.37. The van der Waals surface area contributed by atoms with Gasteiger partial charge in [0.05, 0.1) is 13.2 Å². The summed E-state index contributed by atoms with van der Waals surface area (Å²) in [5.74, 6) is 0.531. The van der Waals surface area contributed by atoms with Gasteiger partial charge < -0.3 is 15.8 Å². The van der Waals surface area contributed by atoms with Gasteiger partial charge in [0.25, 0.3) is 0 Å². The van der Waals surface area contributed by atoms with Gasteiger partial charge in [-0.25, -0.2) is 0 Å². The van der Waals surface area contributed by atoms with Crippen molar-refractivity contribution in [1.29, 1.82) is 0 Å². The molecule has 82 valence electrons. The fraction of sp³-hybridized carbons (Fsp3) is 0.364. The summed E-state index contributed by atoms with van der Waals surface area (Å²) in [6.45, 7) is 1.87. The lowest BCUT2D eigenvalue weighted by molar-refractivity contribution is -0.117. The number of hydrogen-bond acceptors (Lipinski definition) is 3. The molecule has 0 aliphatic carbocycles. The molecule has 0 bridgehead atoms. The molecular weight excluding hydrogens is 192 g/mol. The summed E-state index contributed by atoms with van der Waals surface area (Å²) in [6.07, 6.45) is 0.621. The van der Waals surface area contributed by atoms with E-state index in [0.717, 1.165) is 0 Å². The summed E-state index contributed by atoms with van der Waals surface area (Å²) in [5.41, 5.74) is 6.29. The van der Waals surface area contributed by atoms with E-state index in [1.165, 1.54) is 0 Å². The number of hydrogen-bond donors (Lipinski definition) is 2. The van der Waals surface area contributed by atoms with Crippen LogP contribution in [-0.4, -0.2) is 19.1 Å². The van der Waals surface area contributed by atoms with Gasteiger partial charge in [-0.3, -0.25) is 4.79 Å². The van der Waals surface area contributed by atoms with Crippen LogP contribution in [0.2, 0.25) is 0 Å². The Morgan fingerprint density at radius 2 is 2.33 bits per heavy atom. The molecule has 3 N–H and O–H groups in total. The van der Waals surface area contributed by atoms with Gasteiger partial charge in [0.1, 0.15) is 5.75 Å². The second kappa shape index (κ2) is 5.36. The van der Waals surface area contributed by atoms with E-state index in [1.54, 1.807) is 19.2 Å². The van der Waals surface area contributed by atoms with Crippen LogP contribution in [0.25, 0.3) is 0 Å². The van der Waals surface area contributed by atoms with Crippen molar-refractivity contribution in [3.05, 3.63) is 24.3 Å². The van der Waals surface area contributed by atoms with Crippen molar-refractivity contribution >= 4 is 11.6 Å². The van der Waals surface area contributed by atoms with E-state index in [1.807, 2.05) is 19.1 Å². The molecule has 4 nitrogen and oxygen atoms in total. The number of rotatable bonds is 4. The maximum Gasteiger partial charge on any atom is 0.241 e. The number of nitrogens with one attached hydrogen (secondary N) is 1. The monoisotopic (exact) mass is 208 g/mol. The molecule has 1 aromatic rings. The van der Waals surface area contributed by atoms with E-state index in [9.17, 15) is 4.79 Å². The van der Waals surface area contributed by atoms with Gasteiger partial charge in [-0.15, -0.1) is 0 Å². The second-order valence-electron chi connectivity index (χ2n) is 3.24. The number of methoxy groups -OCH3 is 1. The van der Waals surface area contributed by atoms with Gasteiger partial charge in [0.2, 0.25) is 5.91 Å². The van der Waals surface area contributed by atoms with Crippen molar-refractivity contribution in [3.8, 4) is 5.75 Å². The highest BCUT2D eigenvalue weighted by Crippen LogP contribution is 2.16. The van der Waals surface area contributed by atoms with Crippen LogP contribution < -0.4 is 15.8 Å². The minimum absolute atomic E-state index is 0.175. The Hall–Kier alpha value is -1.55. The molecule has 0 saturated carbocycles. The zero-order valence-corrected chi connectivity index (χ0v) is 8.99. The normalized spacial score (nSPS) is 11.9. The molecule has 4 heteroatoms. The van der Waals surface area contributed by atoms with Gasteiger partial charge >= 0.3 is 0 Å². The second-order valence-corrected chi connectivity index (χ2v) is 3.24. The van der Waals surface area contributed by atoms with Gasteiger partial charge in [-0.1, -0.05) is 13.0 Å². The van der Waals surface area contributed by atoms with E-state index >= 15 is 0 Å². The van der Waals surface area contributed by atoms with Crippen molar-refractivity contribution in [1.82, 2.24) is 0 Å². The molecule has 1 aromatic carbocycles. The van der Waals surface area contributed by atoms with Crippen molar-refractivity contribution in [2.45, 2.75) is 19.4 Å². The number of anilines is 1. The number of benzene rings is 1. The summed E-state index contributed by atoms with van der Waals surface area (Å²) < 4.78 is 5.04. The lowest BCUT2D eigenvalue weighted by Crippen LogP contribution is -2.34. The molecule has 0 fully saturated rings. The van der Waals surface area contributed by atoms with Crippen LogP contribution in [0.5, 0.6) is 5.75 Å². The topological polar surface area (TPSA) is 64.4 Å². The van der Waals surface area contributed by atoms with Crippen molar-refractivity contribution in [2.75, 3.05) is 12.4 Å². The summed E-state index contributed by atoms with van der Waals surface area (Å²) in [7, 11) is 1.58. The largest absolute Gasteiger partial charge is 0.497 e. The Morgan fingerprint density at radius 1 is 1.60 bits per heavy atom. The van der Waals surface area contributed by atoms with Crippen molar-refractivity contribution in [2.24, 2.45) is 5.73 Å². The average Bonchev–Trinajstić information content (AvgIpc) is 2.28. The summed E-state index contributed by atoms with van der Waals surface area (Å²) in [5, 5.41) is 2.72. The zero-order chi connectivity index (χ0) is 11.3. The van der Waals surface area contributed by atoms with E-state index in [4.69, 9.17) is 10.5 Å². The Morgan fingerprint density at radius 3 is 2.93 bits per heavy atom. The third-order valence-electron chi connectivity index (χ3n) is 2.11. The average molecular weight is 208 g/mol. The first kappa shape index (κ1) is 11.5. The number of nitrogens with two attached hydrogens (primary N) is 1. The van der Waals surface area contributed by atoms with Crippen LogP contribution in [0, 0.1) is 0 Å². The van der Waals surface area contributed by atoms with E-state index < -0.39 is 6.04 Å². The van der Waals surface area contributed by atoms with Crippen LogP contribution in [0.4, 0.5) is 5.69 Å². The van der Waals surface area contributed by atoms with Gasteiger partial charge in [0.15, 0.2) is 0 Å². The molecule has 0 radical (unpaired) electrons. The smallest absolute Gasteiger partial charge is 0.241 e. The van der Waals surface area contributed by atoms with Crippen LogP contribution in [-0.2, 0) is 4.79 Å². The fourth-order valence-electron chi connectivity index (χ4n) is 1.12. The van der Waals surface area contributed by atoms with E-state index in [2.05, 4.69) is 5.32 Å². The third kappa shape index (κ3) is 3.25. The summed E-state index contributed by atoms with van der Waals surface area (Å²) >= 11 is 0. The first-order valence-electron chi connectivity index (χ1n) is 4.88. The highest BCUT2D eigenvalue weighted by Gasteiger charge is 2.10. The van der Waals surface area contributed by atoms with Crippen LogP contribution >= 0.6 is 0 Å². The molecule has 0 unspecified atom stereocenters. The van der Waals surface area contributed by atoms with Gasteiger partial charge in [0, 0.05) is 11.8 Å². The molecule has 0 aromatic heterocycles. The molecule has 1 atom stereocenters. The Bertz CT molecular complexity index is 339. The molecule has 0 aliphatic heterocycles. The molecule has 1 amide bonds. The Labute approximate surface area is 89.4 Å². The van der Waals surface area contributed by atoms with E-state index in [-0.39, 0.29) is 5.91 Å². The molecule has 0 saturated heterocycles. The SMILES string of the molecule is CC[C@H](N)C(=O)Nc1cccc(OC)c1. The predicted molar refractivity (Wildman–Crippen MR) is 59.9 cm³/mol. The van der Waals surface area contributed by atoms with Crippen LogP contribution in [0.1, 0.15) is 13.3 Å². The lowest BCUT2D eigenvalue weighted by atomic mass is 10.2. The van der Waals surface area contributed by atoms with Crippen molar-refractivity contribution in [3.63, 3.8) is 0 Å². The number of carbonyl (C=O) groups excluding carboxylic acids is 1. The molecular formula is C11H16N2O2. The maximum atomic E-state index is 11.5. The number of amides is 1. The Balaban J connectivity index is 2.68. The molecule has 0 spiro atoms. The summed E-state index contributed by atoms with van der Waals surface area (Å²) in [4.78, 5) is 11.5. The minimum Gasteiger partial charge on any atom is -0.497 e. The molecule has 0 aliphatic rings. The van der Waals surface area contributed by atoms with Crippen LogP contribution in [0.15, 0.2) is 24.3 Å². The fourth-order valence-corrected chi connectivity index (χ4v) is 1.12.